The van der Waals surface area contributed by atoms with Crippen LogP contribution in [0.4, 0.5) is 0 Å². The zero-order chi connectivity index (χ0) is 23.0. The number of hydrogen-bond acceptors (Lipinski definition) is 5. The van der Waals surface area contributed by atoms with Gasteiger partial charge in [0.1, 0.15) is 5.75 Å². The molecule has 0 saturated carbocycles. The zero-order valence-electron chi connectivity index (χ0n) is 19.1. The van der Waals surface area contributed by atoms with Crippen LogP contribution in [0.15, 0.2) is 72.8 Å². The van der Waals surface area contributed by atoms with Crippen LogP contribution in [-0.2, 0) is 12.1 Å². The van der Waals surface area contributed by atoms with Crippen LogP contribution in [0.1, 0.15) is 37.4 Å². The molecule has 3 aromatic rings. The maximum absolute atomic E-state index is 13.9. The summed E-state index contributed by atoms with van der Waals surface area (Å²) in [6, 6.07) is 23.2. The average Bonchev–Trinajstić information content (AvgIpc) is 3.07. The van der Waals surface area contributed by atoms with Crippen LogP contribution >= 0.6 is 0 Å². The highest BCUT2D eigenvalue weighted by Gasteiger charge is 2.58. The van der Waals surface area contributed by atoms with Gasteiger partial charge >= 0.3 is 0 Å². The number of carbonyl (C=O) groups excluding carboxylic acids is 2. The van der Waals surface area contributed by atoms with Gasteiger partial charge in [-0.2, -0.15) is 0 Å². The maximum atomic E-state index is 13.9. The van der Waals surface area contributed by atoms with Crippen LogP contribution in [-0.4, -0.2) is 54.7 Å². The molecule has 1 heterocycles. The Morgan fingerprint density at radius 1 is 0.818 bits per heavy atom. The van der Waals surface area contributed by atoms with Gasteiger partial charge < -0.3 is 4.74 Å². The number of ether oxygens (including phenoxy) is 1. The van der Waals surface area contributed by atoms with Gasteiger partial charge in [0, 0.05) is 49.4 Å². The molecule has 5 nitrogen and oxygen atoms in total. The van der Waals surface area contributed by atoms with E-state index in [1.165, 1.54) is 0 Å². The van der Waals surface area contributed by atoms with E-state index in [0.29, 0.717) is 24.2 Å². The number of nitrogens with zero attached hydrogens (tertiary/aromatic N) is 2. The van der Waals surface area contributed by atoms with E-state index in [1.807, 2.05) is 73.7 Å². The van der Waals surface area contributed by atoms with E-state index in [0.717, 1.165) is 42.1 Å². The molecule has 0 bridgehead atoms. The Morgan fingerprint density at radius 2 is 1.48 bits per heavy atom. The Labute approximate surface area is 194 Å². The highest BCUT2D eigenvalue weighted by molar-refractivity contribution is 6.32. The van der Waals surface area contributed by atoms with Crippen molar-refractivity contribution in [3.05, 3.63) is 101 Å². The van der Waals surface area contributed by atoms with Crippen LogP contribution in [0.25, 0.3) is 0 Å². The topological polar surface area (TPSA) is 49.9 Å². The molecule has 1 saturated heterocycles. The molecule has 5 rings (SSSR count). The summed E-state index contributed by atoms with van der Waals surface area (Å²) in [6.45, 7) is 5.53. The maximum Gasteiger partial charge on any atom is 0.196 e. The third-order valence-corrected chi connectivity index (χ3v) is 6.95. The molecule has 168 valence electrons. The van der Waals surface area contributed by atoms with Crippen LogP contribution < -0.4 is 4.74 Å². The van der Waals surface area contributed by atoms with Gasteiger partial charge in [0.2, 0.25) is 0 Å². The first-order valence-electron chi connectivity index (χ1n) is 11.4. The van der Waals surface area contributed by atoms with Crippen LogP contribution in [0.5, 0.6) is 5.75 Å². The van der Waals surface area contributed by atoms with Crippen molar-refractivity contribution in [2.45, 2.75) is 19.0 Å². The number of carbonyl (C=O) groups is 2. The molecule has 1 fully saturated rings. The van der Waals surface area contributed by atoms with Crippen molar-refractivity contribution < 1.29 is 14.3 Å². The first kappa shape index (κ1) is 21.6. The highest BCUT2D eigenvalue weighted by Crippen LogP contribution is 2.43. The number of Topliss-reactive ketones (excluding diaryl/α,β-unsaturated/α-hetero) is 2. The second-order valence-corrected chi connectivity index (χ2v) is 8.86. The quantitative estimate of drug-likeness (QED) is 0.559. The number of rotatable bonds is 5. The van der Waals surface area contributed by atoms with Crippen molar-refractivity contribution in [1.29, 1.82) is 0 Å². The van der Waals surface area contributed by atoms with Crippen molar-refractivity contribution in [1.82, 2.24) is 9.80 Å². The summed E-state index contributed by atoms with van der Waals surface area (Å²) < 4.78 is 5.51. The van der Waals surface area contributed by atoms with Gasteiger partial charge in [0.05, 0.1) is 7.11 Å². The summed E-state index contributed by atoms with van der Waals surface area (Å²) in [5.41, 5.74) is 2.68. The molecule has 0 aromatic heterocycles. The summed E-state index contributed by atoms with van der Waals surface area (Å²) in [4.78, 5) is 32.3. The fraction of sp³-hybridized carbons (Fsp3) is 0.286. The highest BCUT2D eigenvalue weighted by atomic mass is 16.5. The van der Waals surface area contributed by atoms with E-state index in [1.54, 1.807) is 7.11 Å². The fourth-order valence-corrected chi connectivity index (χ4v) is 5.26. The van der Waals surface area contributed by atoms with Gasteiger partial charge in [-0.15, -0.1) is 0 Å². The molecule has 33 heavy (non-hydrogen) atoms. The lowest BCUT2D eigenvalue weighted by Crippen LogP contribution is -2.60. The van der Waals surface area contributed by atoms with E-state index in [-0.39, 0.29) is 11.6 Å². The lowest BCUT2D eigenvalue weighted by molar-refractivity contribution is 0.0278. The zero-order valence-corrected chi connectivity index (χ0v) is 19.1. The largest absolute Gasteiger partial charge is 0.496 e. The fourth-order valence-electron chi connectivity index (χ4n) is 5.26. The van der Waals surface area contributed by atoms with Crippen molar-refractivity contribution in [3.63, 3.8) is 0 Å². The summed E-state index contributed by atoms with van der Waals surface area (Å²) in [5, 5.41) is 0. The van der Waals surface area contributed by atoms with Gasteiger partial charge in [0.15, 0.2) is 17.1 Å². The normalized spacial score (nSPS) is 21.3. The molecule has 0 radical (unpaired) electrons. The Kier molecular flexibility index (Phi) is 5.60. The SMILES string of the molecule is COc1ccccc1CN1CCN(C2(c3ccccc3)C(=O)c3ccc(C)cc3C2=O)CC1. The number of benzene rings is 3. The molecule has 1 unspecified atom stereocenters. The molecule has 0 amide bonds. The van der Waals surface area contributed by atoms with E-state index >= 15 is 0 Å². The Balaban J connectivity index is 1.46. The summed E-state index contributed by atoms with van der Waals surface area (Å²) in [7, 11) is 1.69. The van der Waals surface area contributed by atoms with Crippen molar-refractivity contribution in [3.8, 4) is 5.75 Å². The number of ketones is 2. The first-order chi connectivity index (χ1) is 16.1. The number of methoxy groups -OCH3 is 1. The third-order valence-electron chi connectivity index (χ3n) is 6.95. The van der Waals surface area contributed by atoms with Crippen molar-refractivity contribution >= 4 is 11.6 Å². The molecule has 1 aliphatic heterocycles. The van der Waals surface area contributed by atoms with E-state index in [4.69, 9.17) is 4.74 Å². The molecule has 5 heteroatoms. The molecule has 3 aromatic carbocycles. The Hall–Kier alpha value is -3.28. The van der Waals surface area contributed by atoms with Gasteiger partial charge in [-0.1, -0.05) is 66.2 Å². The Bertz CT molecular complexity index is 1200. The number of piperazine rings is 1. The molecule has 0 N–H and O–H groups in total. The minimum atomic E-state index is -1.28. The summed E-state index contributed by atoms with van der Waals surface area (Å²) in [5.74, 6) is 0.676. The minimum Gasteiger partial charge on any atom is -0.496 e. The van der Waals surface area contributed by atoms with Gasteiger partial charge in [-0.05, 0) is 24.6 Å². The van der Waals surface area contributed by atoms with Crippen molar-refractivity contribution in [2.24, 2.45) is 0 Å². The monoisotopic (exact) mass is 440 g/mol. The number of aryl methyl sites for hydroxylation is 1. The smallest absolute Gasteiger partial charge is 0.196 e. The molecule has 1 atom stereocenters. The van der Waals surface area contributed by atoms with Gasteiger partial charge in [-0.3, -0.25) is 19.4 Å². The van der Waals surface area contributed by atoms with E-state index in [9.17, 15) is 9.59 Å². The number of hydrogen-bond donors (Lipinski definition) is 0. The first-order valence-corrected chi connectivity index (χ1v) is 11.4. The minimum absolute atomic E-state index is 0.101. The molecular formula is C28H28N2O3. The molecule has 0 spiro atoms. The molecule has 1 aliphatic carbocycles. The van der Waals surface area contributed by atoms with Gasteiger partial charge in [0.25, 0.3) is 0 Å². The van der Waals surface area contributed by atoms with Crippen molar-refractivity contribution in [2.75, 3.05) is 33.3 Å². The molecule has 2 aliphatic rings. The predicted molar refractivity (Wildman–Crippen MR) is 128 cm³/mol. The molecular weight excluding hydrogens is 412 g/mol. The third kappa shape index (κ3) is 3.48. The second kappa shape index (κ2) is 8.58. The van der Waals surface area contributed by atoms with Crippen LogP contribution in [0.3, 0.4) is 0 Å². The number of para-hydroxylation sites is 1. The predicted octanol–water partition coefficient (Wildman–Crippen LogP) is 4.10. The van der Waals surface area contributed by atoms with Crippen LogP contribution in [0, 0.1) is 6.92 Å². The van der Waals surface area contributed by atoms with E-state index in [2.05, 4.69) is 15.9 Å². The summed E-state index contributed by atoms with van der Waals surface area (Å²) >= 11 is 0. The number of fused-ring (bicyclic) bond motifs is 1. The van der Waals surface area contributed by atoms with Gasteiger partial charge in [-0.25, -0.2) is 0 Å². The summed E-state index contributed by atoms with van der Waals surface area (Å²) in [6.07, 6.45) is 0. The van der Waals surface area contributed by atoms with Crippen LogP contribution in [0.2, 0.25) is 0 Å². The Morgan fingerprint density at radius 3 is 2.21 bits per heavy atom. The standard InChI is InChI=1S/C28H28N2O3/c1-20-12-13-23-24(18-20)27(32)28(26(23)31,22-9-4-3-5-10-22)30-16-14-29(15-17-30)19-21-8-6-7-11-25(21)33-2/h3-13,18H,14-17,19H2,1-2H3. The average molecular weight is 441 g/mol. The second-order valence-electron chi connectivity index (χ2n) is 8.86. The van der Waals surface area contributed by atoms with E-state index < -0.39 is 5.54 Å². The lowest BCUT2D eigenvalue weighted by atomic mass is 9.82. The lowest BCUT2D eigenvalue weighted by Gasteiger charge is -2.44.